The van der Waals surface area contributed by atoms with E-state index in [2.05, 4.69) is 35.1 Å². The summed E-state index contributed by atoms with van der Waals surface area (Å²) in [7, 11) is 0.323. The van der Waals surface area contributed by atoms with Gasteiger partial charge < -0.3 is 10.2 Å². The molecule has 0 bridgehead atoms. The molecule has 0 saturated carbocycles. The minimum Gasteiger partial charge on any atom is -0.307 e. The number of amides is 2. The summed E-state index contributed by atoms with van der Waals surface area (Å²) in [5.41, 5.74) is 5.88. The number of rotatable bonds is 5. The van der Waals surface area contributed by atoms with Gasteiger partial charge in [0, 0.05) is 24.8 Å². The number of nitrogens with one attached hydrogen (secondary N) is 2. The Kier molecular flexibility index (Phi) is 6.10. The van der Waals surface area contributed by atoms with Gasteiger partial charge in [-0.25, -0.2) is 17.9 Å². The SMILES string of the molecule is CC(N1CCC(N(C)C)CC1)S(=O)(=O)NC(=O)Nc1c2c(cc3c1CCC3)CCC2. The van der Waals surface area contributed by atoms with E-state index in [0.717, 1.165) is 57.1 Å². The number of sulfonamides is 1. The fourth-order valence-corrected chi connectivity index (χ4v) is 6.37. The van der Waals surface area contributed by atoms with Crippen LogP contribution < -0.4 is 10.0 Å². The summed E-state index contributed by atoms with van der Waals surface area (Å²) in [5.74, 6) is 0. The Balaban J connectivity index is 1.43. The van der Waals surface area contributed by atoms with Crippen molar-refractivity contribution < 1.29 is 13.2 Å². The standard InChI is InChI=1S/C22H34N4O3S/c1-15(26-12-10-18(11-13-26)25(2)3)30(28,29)24-22(27)23-21-19-8-4-6-16(19)14-17-7-5-9-20(17)21/h14-15,18H,4-13H2,1-3H3,(H2,23,24,27). The Bertz CT molecular complexity index is 889. The lowest BCUT2D eigenvalue weighted by atomic mass is 9.99. The van der Waals surface area contributed by atoms with Crippen LogP contribution in [-0.4, -0.2) is 62.8 Å². The molecule has 1 saturated heterocycles. The molecule has 0 radical (unpaired) electrons. The Morgan fingerprint density at radius 2 is 1.63 bits per heavy atom. The molecule has 30 heavy (non-hydrogen) atoms. The van der Waals surface area contributed by atoms with Crippen molar-refractivity contribution in [2.75, 3.05) is 32.5 Å². The Morgan fingerprint density at radius 3 is 2.17 bits per heavy atom. The highest BCUT2D eigenvalue weighted by Crippen LogP contribution is 2.38. The molecular weight excluding hydrogens is 400 g/mol. The molecule has 1 atom stereocenters. The van der Waals surface area contributed by atoms with E-state index in [1.807, 2.05) is 4.90 Å². The fraction of sp³-hybridized carbons (Fsp3) is 0.682. The molecule has 2 amide bonds. The molecular formula is C22H34N4O3S. The van der Waals surface area contributed by atoms with Gasteiger partial charge in [-0.1, -0.05) is 6.07 Å². The molecule has 3 aliphatic rings. The predicted octanol–water partition coefficient (Wildman–Crippen LogP) is 2.49. The van der Waals surface area contributed by atoms with Crippen LogP contribution in [0, 0.1) is 0 Å². The number of piperidine rings is 1. The molecule has 1 unspecified atom stereocenters. The van der Waals surface area contributed by atoms with Crippen LogP contribution in [0.3, 0.4) is 0 Å². The number of likely N-dealkylation sites (tertiary alicyclic amines) is 1. The van der Waals surface area contributed by atoms with Crippen LogP contribution >= 0.6 is 0 Å². The van der Waals surface area contributed by atoms with Crippen LogP contribution in [0.1, 0.15) is 54.9 Å². The second-order valence-electron chi connectivity index (χ2n) is 9.17. The number of hydrogen-bond donors (Lipinski definition) is 2. The quantitative estimate of drug-likeness (QED) is 0.744. The third-order valence-electron chi connectivity index (χ3n) is 7.14. The van der Waals surface area contributed by atoms with Crippen LogP contribution in [0.25, 0.3) is 0 Å². The van der Waals surface area contributed by atoms with E-state index in [0.29, 0.717) is 19.1 Å². The van der Waals surface area contributed by atoms with Gasteiger partial charge in [0.25, 0.3) is 10.0 Å². The van der Waals surface area contributed by atoms with E-state index >= 15 is 0 Å². The number of fused-ring (bicyclic) bond motifs is 2. The van der Waals surface area contributed by atoms with Gasteiger partial charge in [0.2, 0.25) is 0 Å². The van der Waals surface area contributed by atoms with Gasteiger partial charge in [0.15, 0.2) is 0 Å². The molecule has 7 nitrogen and oxygen atoms in total. The third-order valence-corrected chi connectivity index (χ3v) is 8.81. The molecule has 1 fully saturated rings. The zero-order chi connectivity index (χ0) is 21.5. The van der Waals surface area contributed by atoms with Gasteiger partial charge in [-0.15, -0.1) is 0 Å². The van der Waals surface area contributed by atoms with Crippen molar-refractivity contribution in [2.45, 2.75) is 69.7 Å². The number of hydrogen-bond acceptors (Lipinski definition) is 5. The Hall–Kier alpha value is -1.64. The third kappa shape index (κ3) is 4.22. The summed E-state index contributed by atoms with van der Waals surface area (Å²) < 4.78 is 28.1. The average molecular weight is 435 g/mol. The van der Waals surface area contributed by atoms with E-state index in [-0.39, 0.29) is 0 Å². The van der Waals surface area contributed by atoms with Crippen LogP contribution in [0.15, 0.2) is 6.07 Å². The highest BCUT2D eigenvalue weighted by Gasteiger charge is 2.33. The monoisotopic (exact) mass is 434 g/mol. The minimum absolute atomic E-state index is 0.481. The lowest BCUT2D eigenvalue weighted by Gasteiger charge is -2.37. The second kappa shape index (κ2) is 8.48. The molecule has 4 rings (SSSR count). The maximum absolute atomic E-state index is 12.9. The molecule has 0 aromatic heterocycles. The number of nitrogens with zero attached hydrogens (tertiary/aromatic N) is 2. The molecule has 166 valence electrons. The van der Waals surface area contributed by atoms with Gasteiger partial charge >= 0.3 is 6.03 Å². The van der Waals surface area contributed by atoms with Crippen molar-refractivity contribution >= 4 is 21.7 Å². The fourth-order valence-electron chi connectivity index (χ4n) is 5.28. The number of aryl methyl sites for hydroxylation is 2. The van der Waals surface area contributed by atoms with Gasteiger partial charge in [-0.3, -0.25) is 4.90 Å². The number of anilines is 1. The summed E-state index contributed by atoms with van der Waals surface area (Å²) in [6.45, 7) is 3.10. The Labute approximate surface area is 180 Å². The van der Waals surface area contributed by atoms with E-state index in [1.54, 1.807) is 6.92 Å². The van der Waals surface area contributed by atoms with Crippen molar-refractivity contribution in [1.82, 2.24) is 14.5 Å². The first-order chi connectivity index (χ1) is 14.3. The average Bonchev–Trinajstić information content (AvgIpc) is 3.36. The van der Waals surface area contributed by atoms with Crippen molar-refractivity contribution in [1.29, 1.82) is 0 Å². The summed E-state index contributed by atoms with van der Waals surface area (Å²) in [5, 5.41) is 2.19. The van der Waals surface area contributed by atoms with E-state index < -0.39 is 21.4 Å². The Morgan fingerprint density at radius 1 is 1.07 bits per heavy atom. The first kappa shape index (κ1) is 21.6. The lowest BCUT2D eigenvalue weighted by molar-refractivity contribution is 0.138. The van der Waals surface area contributed by atoms with Crippen LogP contribution in [0.2, 0.25) is 0 Å². The molecule has 1 aliphatic heterocycles. The van der Waals surface area contributed by atoms with Crippen LogP contribution in [0.4, 0.5) is 10.5 Å². The van der Waals surface area contributed by atoms with Crippen molar-refractivity contribution in [3.05, 3.63) is 28.3 Å². The minimum atomic E-state index is -3.79. The molecule has 1 aromatic carbocycles. The van der Waals surface area contributed by atoms with E-state index in [1.165, 1.54) is 22.3 Å². The van der Waals surface area contributed by atoms with E-state index in [4.69, 9.17) is 0 Å². The molecule has 8 heteroatoms. The summed E-state index contributed by atoms with van der Waals surface area (Å²) in [6, 6.07) is 2.14. The number of urea groups is 1. The van der Waals surface area contributed by atoms with Gasteiger partial charge in [-0.05, 0) is 94.6 Å². The maximum atomic E-state index is 12.9. The van der Waals surface area contributed by atoms with Crippen LogP contribution in [0.5, 0.6) is 0 Å². The van der Waals surface area contributed by atoms with E-state index in [9.17, 15) is 13.2 Å². The zero-order valence-electron chi connectivity index (χ0n) is 18.3. The summed E-state index contributed by atoms with van der Waals surface area (Å²) >= 11 is 0. The molecule has 2 aliphatic carbocycles. The first-order valence-electron chi connectivity index (χ1n) is 11.2. The summed E-state index contributed by atoms with van der Waals surface area (Å²) in [4.78, 5) is 16.9. The number of benzene rings is 1. The topological polar surface area (TPSA) is 81.8 Å². The normalized spacial score (nSPS) is 20.8. The highest BCUT2D eigenvalue weighted by molar-refractivity contribution is 7.90. The predicted molar refractivity (Wildman–Crippen MR) is 119 cm³/mol. The van der Waals surface area contributed by atoms with Crippen molar-refractivity contribution in [3.8, 4) is 0 Å². The van der Waals surface area contributed by atoms with Gasteiger partial charge in [-0.2, -0.15) is 0 Å². The second-order valence-corrected chi connectivity index (χ2v) is 11.1. The van der Waals surface area contributed by atoms with Crippen molar-refractivity contribution in [3.63, 3.8) is 0 Å². The lowest BCUT2D eigenvalue weighted by Crippen LogP contribution is -2.51. The highest BCUT2D eigenvalue weighted by atomic mass is 32.2. The zero-order valence-corrected chi connectivity index (χ0v) is 19.1. The largest absolute Gasteiger partial charge is 0.332 e. The summed E-state index contributed by atoms with van der Waals surface area (Å²) in [6.07, 6.45) is 8.01. The number of carbonyl (C=O) groups is 1. The first-order valence-corrected chi connectivity index (χ1v) is 12.7. The molecule has 2 N–H and O–H groups in total. The smallest absolute Gasteiger partial charge is 0.307 e. The molecule has 1 heterocycles. The molecule has 0 spiro atoms. The molecule has 1 aromatic rings. The van der Waals surface area contributed by atoms with Crippen LogP contribution in [-0.2, 0) is 35.7 Å². The van der Waals surface area contributed by atoms with Gasteiger partial charge in [0.1, 0.15) is 5.37 Å². The maximum Gasteiger partial charge on any atom is 0.332 e. The van der Waals surface area contributed by atoms with Crippen molar-refractivity contribution in [2.24, 2.45) is 0 Å². The number of carbonyl (C=O) groups excluding carboxylic acids is 1. The van der Waals surface area contributed by atoms with Gasteiger partial charge in [0.05, 0.1) is 0 Å².